The molecular formula is C11H13NO3S. The molecule has 1 saturated heterocycles. The smallest absolute Gasteiger partial charge is 0.308 e. The molecule has 0 bridgehead atoms. The first-order valence-electron chi connectivity index (χ1n) is 5.12. The third-order valence-electron chi connectivity index (χ3n) is 2.71. The van der Waals surface area contributed by atoms with Gasteiger partial charge in [-0.2, -0.15) is 0 Å². The minimum absolute atomic E-state index is 0.0570. The Balaban J connectivity index is 2.01. The molecule has 0 saturated carbocycles. The Morgan fingerprint density at radius 1 is 1.62 bits per heavy atom. The molecule has 1 aliphatic rings. The van der Waals surface area contributed by atoms with Gasteiger partial charge in [-0.25, -0.2) is 0 Å². The highest BCUT2D eigenvalue weighted by Gasteiger charge is 2.34. The fourth-order valence-corrected chi connectivity index (χ4v) is 2.75. The van der Waals surface area contributed by atoms with Gasteiger partial charge in [-0.1, -0.05) is 0 Å². The summed E-state index contributed by atoms with van der Waals surface area (Å²) in [6.45, 7) is 2.90. The highest BCUT2D eigenvalue weighted by atomic mass is 32.1. The van der Waals surface area contributed by atoms with Crippen molar-refractivity contribution in [1.82, 2.24) is 4.90 Å². The molecule has 1 aromatic heterocycles. The Bertz CT molecular complexity index is 427. The van der Waals surface area contributed by atoms with Gasteiger partial charge >= 0.3 is 5.97 Å². The maximum Gasteiger partial charge on any atom is 0.308 e. The topological polar surface area (TPSA) is 57.6 Å². The van der Waals surface area contributed by atoms with Crippen LogP contribution in [0.4, 0.5) is 0 Å². The molecule has 1 aliphatic heterocycles. The van der Waals surface area contributed by atoms with Crippen molar-refractivity contribution >= 4 is 23.2 Å². The van der Waals surface area contributed by atoms with Gasteiger partial charge in [-0.15, -0.1) is 11.3 Å². The molecule has 16 heavy (non-hydrogen) atoms. The third-order valence-corrected chi connectivity index (χ3v) is 3.69. The summed E-state index contributed by atoms with van der Waals surface area (Å²) in [6.07, 6.45) is 0.139. The maximum atomic E-state index is 11.6. The van der Waals surface area contributed by atoms with Gasteiger partial charge in [0.05, 0.1) is 12.5 Å². The molecule has 2 rings (SSSR count). The number of nitrogens with zero attached hydrogens (tertiary/aromatic N) is 1. The third kappa shape index (κ3) is 2.24. The van der Waals surface area contributed by atoms with Crippen LogP contribution in [0.5, 0.6) is 0 Å². The van der Waals surface area contributed by atoms with Crippen LogP contribution in [0.2, 0.25) is 0 Å². The predicted molar refractivity (Wildman–Crippen MR) is 60.2 cm³/mol. The fraction of sp³-hybridized carbons (Fsp3) is 0.455. The van der Waals surface area contributed by atoms with Gasteiger partial charge in [-0.3, -0.25) is 9.59 Å². The van der Waals surface area contributed by atoms with Crippen LogP contribution < -0.4 is 0 Å². The van der Waals surface area contributed by atoms with Gasteiger partial charge < -0.3 is 10.0 Å². The standard InChI is InChI=1S/C11H13NO3S/c1-7-2-3-9(16-7)6-12-5-8(11(14)15)4-10(12)13/h2-3,8H,4-6H2,1H3,(H,14,15). The molecule has 86 valence electrons. The lowest BCUT2D eigenvalue weighted by atomic mass is 10.1. The van der Waals surface area contributed by atoms with Crippen LogP contribution in [0.15, 0.2) is 12.1 Å². The number of hydrogen-bond donors (Lipinski definition) is 1. The Labute approximate surface area is 97.5 Å². The van der Waals surface area contributed by atoms with Gasteiger partial charge in [0.15, 0.2) is 0 Å². The summed E-state index contributed by atoms with van der Waals surface area (Å²) >= 11 is 1.64. The first-order chi connectivity index (χ1) is 7.56. The van der Waals surface area contributed by atoms with Crippen molar-refractivity contribution < 1.29 is 14.7 Å². The summed E-state index contributed by atoms with van der Waals surface area (Å²) in [6, 6.07) is 4.00. The van der Waals surface area contributed by atoms with Crippen LogP contribution in [0.25, 0.3) is 0 Å². The van der Waals surface area contributed by atoms with Gasteiger partial charge in [0.25, 0.3) is 0 Å². The van der Waals surface area contributed by atoms with Crippen molar-refractivity contribution in [2.45, 2.75) is 19.9 Å². The number of likely N-dealkylation sites (tertiary alicyclic amines) is 1. The van der Waals surface area contributed by atoms with Crippen molar-refractivity contribution in [2.75, 3.05) is 6.54 Å². The predicted octanol–water partition coefficient (Wildman–Crippen LogP) is 1.49. The molecule has 4 nitrogen and oxygen atoms in total. The molecule has 0 aliphatic carbocycles. The van der Waals surface area contributed by atoms with E-state index < -0.39 is 11.9 Å². The van der Waals surface area contributed by atoms with Crippen LogP contribution in [-0.4, -0.2) is 28.4 Å². The average molecular weight is 239 g/mol. The van der Waals surface area contributed by atoms with Crippen LogP contribution in [0.3, 0.4) is 0 Å². The summed E-state index contributed by atoms with van der Waals surface area (Å²) in [5, 5.41) is 8.84. The number of carbonyl (C=O) groups is 2. The number of aliphatic carboxylic acids is 1. The molecule has 0 aromatic carbocycles. The number of hydrogen-bond acceptors (Lipinski definition) is 3. The fourth-order valence-electron chi connectivity index (χ4n) is 1.85. The molecular weight excluding hydrogens is 226 g/mol. The van der Waals surface area contributed by atoms with Crippen molar-refractivity contribution in [1.29, 1.82) is 0 Å². The van der Waals surface area contributed by atoms with Crippen LogP contribution >= 0.6 is 11.3 Å². The van der Waals surface area contributed by atoms with Crippen molar-refractivity contribution in [2.24, 2.45) is 5.92 Å². The quantitative estimate of drug-likeness (QED) is 0.869. The Hall–Kier alpha value is -1.36. The number of amides is 1. The number of carboxylic acid groups (broad SMARTS) is 1. The summed E-state index contributed by atoms with van der Waals surface area (Å²) < 4.78 is 0. The first kappa shape index (κ1) is 11.1. The normalized spacial score (nSPS) is 20.4. The zero-order valence-corrected chi connectivity index (χ0v) is 9.79. The SMILES string of the molecule is Cc1ccc(CN2CC(C(=O)O)CC2=O)s1. The van der Waals surface area contributed by atoms with Crippen molar-refractivity contribution in [3.8, 4) is 0 Å². The van der Waals surface area contributed by atoms with E-state index in [9.17, 15) is 9.59 Å². The molecule has 2 heterocycles. The minimum atomic E-state index is -0.877. The van der Waals surface area contributed by atoms with E-state index in [0.29, 0.717) is 13.1 Å². The Kier molecular flexibility index (Phi) is 2.96. The second kappa shape index (κ2) is 4.25. The van der Waals surface area contributed by atoms with E-state index in [0.717, 1.165) is 4.88 Å². The van der Waals surface area contributed by atoms with Crippen LogP contribution in [-0.2, 0) is 16.1 Å². The van der Waals surface area contributed by atoms with Crippen molar-refractivity contribution in [3.05, 3.63) is 21.9 Å². The monoisotopic (exact) mass is 239 g/mol. The second-order valence-corrected chi connectivity index (χ2v) is 5.40. The number of rotatable bonds is 3. The molecule has 1 atom stereocenters. The van der Waals surface area contributed by atoms with E-state index in [-0.39, 0.29) is 12.3 Å². The highest BCUT2D eigenvalue weighted by Crippen LogP contribution is 2.23. The summed E-state index contributed by atoms with van der Waals surface area (Å²) in [5.41, 5.74) is 0. The number of carbonyl (C=O) groups excluding carboxylic acids is 1. The molecule has 0 radical (unpaired) electrons. The average Bonchev–Trinajstić information content (AvgIpc) is 2.75. The largest absolute Gasteiger partial charge is 0.481 e. The lowest BCUT2D eigenvalue weighted by molar-refractivity contribution is -0.141. The van der Waals surface area contributed by atoms with Crippen molar-refractivity contribution in [3.63, 3.8) is 0 Å². The zero-order valence-electron chi connectivity index (χ0n) is 8.97. The van der Waals surface area contributed by atoms with E-state index >= 15 is 0 Å². The Morgan fingerprint density at radius 2 is 2.38 bits per heavy atom. The molecule has 1 unspecified atom stereocenters. The highest BCUT2D eigenvalue weighted by molar-refractivity contribution is 7.11. The Morgan fingerprint density at radius 3 is 2.88 bits per heavy atom. The number of carboxylic acids is 1. The second-order valence-electron chi connectivity index (χ2n) is 4.03. The minimum Gasteiger partial charge on any atom is -0.481 e. The zero-order chi connectivity index (χ0) is 11.7. The molecule has 1 N–H and O–H groups in total. The van der Waals surface area contributed by atoms with Crippen LogP contribution in [0, 0.1) is 12.8 Å². The lowest BCUT2D eigenvalue weighted by Crippen LogP contribution is -2.25. The first-order valence-corrected chi connectivity index (χ1v) is 5.94. The van der Waals surface area contributed by atoms with E-state index in [4.69, 9.17) is 5.11 Å². The van der Waals surface area contributed by atoms with Gasteiger partial charge in [-0.05, 0) is 19.1 Å². The summed E-state index contributed by atoms with van der Waals surface area (Å²) in [5.74, 6) is -1.47. The van der Waals surface area contributed by atoms with E-state index in [1.807, 2.05) is 19.1 Å². The molecule has 5 heteroatoms. The lowest BCUT2D eigenvalue weighted by Gasteiger charge is -2.14. The number of thiophene rings is 1. The van der Waals surface area contributed by atoms with E-state index in [1.54, 1.807) is 16.2 Å². The summed E-state index contributed by atoms with van der Waals surface area (Å²) in [4.78, 5) is 26.3. The van der Waals surface area contributed by atoms with Gasteiger partial charge in [0.1, 0.15) is 0 Å². The number of aryl methyl sites for hydroxylation is 1. The van der Waals surface area contributed by atoms with E-state index in [2.05, 4.69) is 0 Å². The summed E-state index contributed by atoms with van der Waals surface area (Å²) in [7, 11) is 0. The van der Waals surface area contributed by atoms with Crippen LogP contribution in [0.1, 0.15) is 16.2 Å². The molecule has 1 fully saturated rings. The molecule has 0 spiro atoms. The van der Waals surface area contributed by atoms with Gasteiger partial charge in [0.2, 0.25) is 5.91 Å². The molecule has 1 amide bonds. The van der Waals surface area contributed by atoms with Gasteiger partial charge in [0, 0.05) is 22.7 Å². The molecule has 1 aromatic rings. The maximum absolute atomic E-state index is 11.6. The van der Waals surface area contributed by atoms with E-state index in [1.165, 1.54) is 4.88 Å².